The fraction of sp³-hybridized carbons (Fsp3) is 0.696. The number of aryl methyl sites for hydroxylation is 1. The SMILES string of the molecule is CCNC(=NCCCc1ccc(OC)c(OCC)c1)NCCN1CCN(CC)CC1. The Kier molecular flexibility index (Phi) is 11.4. The van der Waals surface area contributed by atoms with Gasteiger partial charge in [-0.1, -0.05) is 13.0 Å². The first-order chi connectivity index (χ1) is 14.7. The molecular formula is C23H41N5O2. The number of likely N-dealkylation sites (N-methyl/N-ethyl adjacent to an activating group) is 1. The highest BCUT2D eigenvalue weighted by atomic mass is 16.5. The second-order valence-electron chi connectivity index (χ2n) is 7.49. The van der Waals surface area contributed by atoms with E-state index >= 15 is 0 Å². The van der Waals surface area contributed by atoms with Crippen molar-refractivity contribution in [1.82, 2.24) is 20.4 Å². The van der Waals surface area contributed by atoms with Crippen molar-refractivity contribution in [2.75, 3.05) is 72.6 Å². The Morgan fingerprint density at radius 3 is 2.47 bits per heavy atom. The summed E-state index contributed by atoms with van der Waals surface area (Å²) in [4.78, 5) is 9.78. The summed E-state index contributed by atoms with van der Waals surface area (Å²) in [5, 5.41) is 6.83. The van der Waals surface area contributed by atoms with E-state index in [1.165, 1.54) is 18.7 Å². The smallest absolute Gasteiger partial charge is 0.191 e. The van der Waals surface area contributed by atoms with Crippen LogP contribution in [0.3, 0.4) is 0 Å². The van der Waals surface area contributed by atoms with E-state index in [-0.39, 0.29) is 0 Å². The van der Waals surface area contributed by atoms with Gasteiger partial charge < -0.3 is 25.0 Å². The lowest BCUT2D eigenvalue weighted by atomic mass is 10.1. The van der Waals surface area contributed by atoms with Crippen LogP contribution in [0.15, 0.2) is 23.2 Å². The Bertz CT molecular complexity index is 630. The summed E-state index contributed by atoms with van der Waals surface area (Å²) in [5.74, 6) is 2.51. The van der Waals surface area contributed by atoms with Gasteiger partial charge in [-0.15, -0.1) is 0 Å². The molecule has 7 heteroatoms. The second-order valence-corrected chi connectivity index (χ2v) is 7.49. The number of hydrogen-bond acceptors (Lipinski definition) is 5. The Balaban J connectivity index is 1.73. The molecule has 0 aliphatic carbocycles. The molecule has 0 radical (unpaired) electrons. The normalized spacial score (nSPS) is 15.8. The molecule has 0 unspecified atom stereocenters. The summed E-state index contributed by atoms with van der Waals surface area (Å²) in [5.41, 5.74) is 1.25. The monoisotopic (exact) mass is 419 g/mol. The van der Waals surface area contributed by atoms with Crippen LogP contribution in [0.2, 0.25) is 0 Å². The van der Waals surface area contributed by atoms with Gasteiger partial charge in [0.1, 0.15) is 0 Å². The second kappa shape index (κ2) is 14.1. The van der Waals surface area contributed by atoms with Gasteiger partial charge in [0.15, 0.2) is 17.5 Å². The van der Waals surface area contributed by atoms with Crippen LogP contribution in [0.1, 0.15) is 32.8 Å². The molecule has 0 saturated carbocycles. The highest BCUT2D eigenvalue weighted by Crippen LogP contribution is 2.28. The average Bonchev–Trinajstić information content (AvgIpc) is 2.77. The first kappa shape index (κ1) is 24.3. The Hall–Kier alpha value is -1.99. The van der Waals surface area contributed by atoms with E-state index in [0.29, 0.717) is 6.61 Å². The van der Waals surface area contributed by atoms with E-state index < -0.39 is 0 Å². The van der Waals surface area contributed by atoms with E-state index in [1.54, 1.807) is 7.11 Å². The molecule has 30 heavy (non-hydrogen) atoms. The number of hydrogen-bond donors (Lipinski definition) is 2. The zero-order valence-electron chi connectivity index (χ0n) is 19.4. The number of rotatable bonds is 12. The number of aliphatic imine (C=N–C) groups is 1. The van der Waals surface area contributed by atoms with Crippen molar-refractivity contribution >= 4 is 5.96 Å². The number of methoxy groups -OCH3 is 1. The van der Waals surface area contributed by atoms with Crippen LogP contribution in [0, 0.1) is 0 Å². The van der Waals surface area contributed by atoms with Gasteiger partial charge in [-0.05, 0) is 50.9 Å². The maximum atomic E-state index is 5.67. The molecule has 2 rings (SSSR count). The predicted molar refractivity (Wildman–Crippen MR) is 125 cm³/mol. The summed E-state index contributed by atoms with van der Waals surface area (Å²) in [6.07, 6.45) is 1.96. The topological polar surface area (TPSA) is 61.4 Å². The number of nitrogens with zero attached hydrogens (tertiary/aromatic N) is 3. The van der Waals surface area contributed by atoms with E-state index in [4.69, 9.17) is 14.5 Å². The lowest BCUT2D eigenvalue weighted by Gasteiger charge is -2.34. The molecule has 0 atom stereocenters. The standard InChI is InChI=1S/C23H41N5O2/c1-5-24-23(26-13-14-28-17-15-27(6-2)16-18-28)25-12-8-9-20-10-11-21(29-4)22(19-20)30-7-3/h10-11,19H,5-9,12-18H2,1-4H3,(H2,24,25,26). The van der Waals surface area contributed by atoms with E-state index in [1.807, 2.05) is 13.0 Å². The van der Waals surface area contributed by atoms with Gasteiger partial charge in [0.25, 0.3) is 0 Å². The van der Waals surface area contributed by atoms with E-state index in [0.717, 1.165) is 76.1 Å². The van der Waals surface area contributed by atoms with Gasteiger partial charge in [-0.3, -0.25) is 9.89 Å². The third-order valence-electron chi connectivity index (χ3n) is 5.40. The minimum absolute atomic E-state index is 0.635. The third kappa shape index (κ3) is 8.40. The minimum Gasteiger partial charge on any atom is -0.493 e. The highest BCUT2D eigenvalue weighted by Gasteiger charge is 2.14. The Morgan fingerprint density at radius 1 is 1.03 bits per heavy atom. The summed E-state index contributed by atoms with van der Waals surface area (Å²) >= 11 is 0. The molecule has 1 heterocycles. The zero-order chi connectivity index (χ0) is 21.6. The zero-order valence-corrected chi connectivity index (χ0v) is 19.4. The molecule has 0 bridgehead atoms. The van der Waals surface area contributed by atoms with Crippen molar-refractivity contribution in [3.8, 4) is 11.5 Å². The van der Waals surface area contributed by atoms with Crippen LogP contribution in [0.5, 0.6) is 11.5 Å². The molecular weight excluding hydrogens is 378 g/mol. The molecule has 0 amide bonds. The number of guanidine groups is 1. The van der Waals surface area contributed by atoms with Crippen LogP contribution < -0.4 is 20.1 Å². The molecule has 0 spiro atoms. The van der Waals surface area contributed by atoms with Crippen molar-refractivity contribution in [3.63, 3.8) is 0 Å². The van der Waals surface area contributed by atoms with Gasteiger partial charge in [0, 0.05) is 52.4 Å². The first-order valence-electron chi connectivity index (χ1n) is 11.5. The number of benzene rings is 1. The van der Waals surface area contributed by atoms with Crippen molar-refractivity contribution in [1.29, 1.82) is 0 Å². The summed E-state index contributed by atoms with van der Waals surface area (Å²) in [6, 6.07) is 6.16. The molecule has 2 N–H and O–H groups in total. The molecule has 1 fully saturated rings. The molecule has 1 aromatic carbocycles. The minimum atomic E-state index is 0.635. The van der Waals surface area contributed by atoms with Gasteiger partial charge in [0.2, 0.25) is 0 Å². The Morgan fingerprint density at radius 2 is 1.80 bits per heavy atom. The molecule has 7 nitrogen and oxygen atoms in total. The summed E-state index contributed by atoms with van der Waals surface area (Å²) in [6.45, 7) is 16.5. The van der Waals surface area contributed by atoms with Gasteiger partial charge in [-0.2, -0.15) is 0 Å². The quantitative estimate of drug-likeness (QED) is 0.308. The van der Waals surface area contributed by atoms with Gasteiger partial charge >= 0.3 is 0 Å². The summed E-state index contributed by atoms with van der Waals surface area (Å²) in [7, 11) is 1.67. The number of piperazine rings is 1. The molecule has 0 aromatic heterocycles. The van der Waals surface area contributed by atoms with Crippen molar-refractivity contribution in [3.05, 3.63) is 23.8 Å². The van der Waals surface area contributed by atoms with E-state index in [2.05, 4.69) is 46.4 Å². The molecule has 1 aliphatic heterocycles. The van der Waals surface area contributed by atoms with Crippen LogP contribution in [-0.2, 0) is 6.42 Å². The molecule has 1 aromatic rings. The predicted octanol–water partition coefficient (Wildman–Crippen LogP) is 2.22. The molecule has 1 saturated heterocycles. The Labute approximate surface area is 182 Å². The fourth-order valence-electron chi connectivity index (χ4n) is 3.62. The van der Waals surface area contributed by atoms with Crippen LogP contribution in [-0.4, -0.2) is 88.4 Å². The fourth-order valence-corrected chi connectivity index (χ4v) is 3.62. The lowest BCUT2D eigenvalue weighted by molar-refractivity contribution is 0.139. The van der Waals surface area contributed by atoms with Gasteiger partial charge in [-0.25, -0.2) is 0 Å². The van der Waals surface area contributed by atoms with Crippen molar-refractivity contribution < 1.29 is 9.47 Å². The van der Waals surface area contributed by atoms with Crippen LogP contribution >= 0.6 is 0 Å². The van der Waals surface area contributed by atoms with Gasteiger partial charge in [0.05, 0.1) is 13.7 Å². The van der Waals surface area contributed by atoms with E-state index in [9.17, 15) is 0 Å². The maximum absolute atomic E-state index is 5.67. The number of ether oxygens (including phenoxy) is 2. The maximum Gasteiger partial charge on any atom is 0.191 e. The van der Waals surface area contributed by atoms with Crippen molar-refractivity contribution in [2.45, 2.75) is 33.6 Å². The largest absolute Gasteiger partial charge is 0.493 e. The van der Waals surface area contributed by atoms with Crippen LogP contribution in [0.25, 0.3) is 0 Å². The lowest BCUT2D eigenvalue weighted by Crippen LogP contribution is -2.49. The first-order valence-corrected chi connectivity index (χ1v) is 11.5. The summed E-state index contributed by atoms with van der Waals surface area (Å²) < 4.78 is 11.0. The van der Waals surface area contributed by atoms with Crippen molar-refractivity contribution in [2.24, 2.45) is 4.99 Å². The molecule has 170 valence electrons. The average molecular weight is 420 g/mol. The highest BCUT2D eigenvalue weighted by molar-refractivity contribution is 5.79. The molecule has 1 aliphatic rings. The third-order valence-corrected chi connectivity index (χ3v) is 5.40. The number of nitrogens with one attached hydrogen (secondary N) is 2. The van der Waals surface area contributed by atoms with Crippen LogP contribution in [0.4, 0.5) is 0 Å².